The number of hydrogen-bond acceptors (Lipinski definition) is 5. The molecule has 1 aliphatic heterocycles. The predicted molar refractivity (Wildman–Crippen MR) is 129 cm³/mol. The van der Waals surface area contributed by atoms with Gasteiger partial charge in [0.2, 0.25) is 11.8 Å². The summed E-state index contributed by atoms with van der Waals surface area (Å²) in [6.07, 6.45) is 0.293. The summed E-state index contributed by atoms with van der Waals surface area (Å²) in [5, 5.41) is 3.25. The van der Waals surface area contributed by atoms with Crippen LogP contribution in [-0.4, -0.2) is 54.5 Å². The summed E-state index contributed by atoms with van der Waals surface area (Å²) in [5.74, 6) is -1.58. The lowest BCUT2D eigenvalue weighted by Gasteiger charge is -2.32. The highest BCUT2D eigenvalue weighted by atomic mass is 35.5. The maximum Gasteiger partial charge on any atom is 0.269 e. The number of nitrogens with one attached hydrogen (secondary N) is 1. The molecule has 1 aliphatic rings. The molecule has 0 saturated heterocycles. The van der Waals surface area contributed by atoms with Gasteiger partial charge in [-0.1, -0.05) is 62.7 Å². The number of sulfonamides is 1. The van der Waals surface area contributed by atoms with Crippen molar-refractivity contribution in [3.63, 3.8) is 0 Å². The van der Waals surface area contributed by atoms with Gasteiger partial charge in [-0.3, -0.25) is 14.4 Å². The van der Waals surface area contributed by atoms with E-state index in [1.807, 2.05) is 13.8 Å². The number of halogens is 1. The molecule has 0 saturated carbocycles. The van der Waals surface area contributed by atoms with Crippen molar-refractivity contribution in [3.05, 3.63) is 64.7 Å². The first-order valence-electron chi connectivity index (χ1n) is 11.0. The van der Waals surface area contributed by atoms with Crippen molar-refractivity contribution in [2.24, 2.45) is 5.92 Å². The second-order valence-electron chi connectivity index (χ2n) is 8.49. The van der Waals surface area contributed by atoms with Crippen LogP contribution < -0.4 is 5.32 Å². The van der Waals surface area contributed by atoms with Crippen LogP contribution in [0.15, 0.2) is 53.4 Å². The lowest BCUT2D eigenvalue weighted by molar-refractivity contribution is -0.141. The predicted octanol–water partition coefficient (Wildman–Crippen LogP) is 3.06. The van der Waals surface area contributed by atoms with Gasteiger partial charge in [-0.2, -0.15) is 0 Å². The molecule has 8 nitrogen and oxygen atoms in total. The second kappa shape index (κ2) is 10.6. The van der Waals surface area contributed by atoms with E-state index >= 15 is 0 Å². The molecule has 34 heavy (non-hydrogen) atoms. The number of rotatable bonds is 9. The fraction of sp³-hybridized carbons (Fsp3) is 0.375. The minimum Gasteiger partial charge on any atom is -0.354 e. The van der Waals surface area contributed by atoms with Gasteiger partial charge in [0.05, 0.1) is 5.56 Å². The van der Waals surface area contributed by atoms with E-state index in [4.69, 9.17) is 11.6 Å². The number of carbonyl (C=O) groups is 3. The Bertz CT molecular complexity index is 1200. The van der Waals surface area contributed by atoms with E-state index in [1.54, 1.807) is 37.3 Å². The molecule has 0 aromatic heterocycles. The number of carbonyl (C=O) groups excluding carboxylic acids is 3. The van der Waals surface area contributed by atoms with Crippen LogP contribution in [0.2, 0.25) is 5.02 Å². The third-order valence-corrected chi connectivity index (χ3v) is 7.72. The Labute approximate surface area is 204 Å². The maximum absolute atomic E-state index is 13.5. The molecule has 2 aromatic rings. The Balaban J connectivity index is 1.92. The number of benzene rings is 2. The summed E-state index contributed by atoms with van der Waals surface area (Å²) in [5.41, 5.74) is 0.626. The Morgan fingerprint density at radius 2 is 1.74 bits per heavy atom. The Morgan fingerprint density at radius 3 is 2.35 bits per heavy atom. The minimum absolute atomic E-state index is 0.0128. The largest absolute Gasteiger partial charge is 0.354 e. The molecule has 0 spiro atoms. The molecule has 0 bridgehead atoms. The summed E-state index contributed by atoms with van der Waals surface area (Å²) < 4.78 is 26.5. The average Bonchev–Trinajstić information content (AvgIpc) is 2.99. The Kier molecular flexibility index (Phi) is 7.99. The number of hydrogen-bond donors (Lipinski definition) is 1. The molecule has 2 aromatic carbocycles. The monoisotopic (exact) mass is 505 g/mol. The summed E-state index contributed by atoms with van der Waals surface area (Å²) in [6, 6.07) is 11.9. The molecule has 10 heteroatoms. The molecular weight excluding hydrogens is 478 g/mol. The van der Waals surface area contributed by atoms with E-state index in [0.29, 0.717) is 27.9 Å². The first-order valence-corrected chi connectivity index (χ1v) is 12.9. The number of amides is 3. The lowest BCUT2D eigenvalue weighted by Crippen LogP contribution is -2.52. The van der Waals surface area contributed by atoms with Crippen LogP contribution in [0, 0.1) is 5.92 Å². The molecule has 182 valence electrons. The van der Waals surface area contributed by atoms with Crippen LogP contribution in [0.3, 0.4) is 0 Å². The molecule has 0 radical (unpaired) electrons. The van der Waals surface area contributed by atoms with Crippen LogP contribution in [0.25, 0.3) is 0 Å². The lowest BCUT2D eigenvalue weighted by atomic mass is 10.1. The normalized spacial score (nSPS) is 15.2. The van der Waals surface area contributed by atoms with Gasteiger partial charge in [0.25, 0.3) is 15.9 Å². The van der Waals surface area contributed by atoms with Gasteiger partial charge in [-0.25, -0.2) is 12.7 Å². The Morgan fingerprint density at radius 1 is 1.09 bits per heavy atom. The molecule has 3 rings (SSSR count). The van der Waals surface area contributed by atoms with E-state index in [2.05, 4.69) is 5.32 Å². The van der Waals surface area contributed by atoms with Crippen LogP contribution in [0.4, 0.5) is 0 Å². The number of nitrogens with zero attached hydrogens (tertiary/aromatic N) is 2. The molecule has 3 amide bonds. The first kappa shape index (κ1) is 25.7. The van der Waals surface area contributed by atoms with Crippen molar-refractivity contribution in [3.8, 4) is 0 Å². The van der Waals surface area contributed by atoms with Crippen molar-refractivity contribution in [2.45, 2.75) is 44.7 Å². The van der Waals surface area contributed by atoms with E-state index in [0.717, 1.165) is 0 Å². The van der Waals surface area contributed by atoms with Crippen molar-refractivity contribution >= 4 is 39.3 Å². The third kappa shape index (κ3) is 5.26. The maximum atomic E-state index is 13.5. The smallest absolute Gasteiger partial charge is 0.269 e. The SMILES string of the molecule is CCC(C(=O)NCC(C)C)N(Cc1ccccc1Cl)C(=O)CN1C(=O)c2ccccc2S1(=O)=O. The van der Waals surface area contributed by atoms with E-state index < -0.39 is 34.4 Å². The van der Waals surface area contributed by atoms with Gasteiger partial charge in [0.1, 0.15) is 17.5 Å². The highest BCUT2D eigenvalue weighted by molar-refractivity contribution is 7.90. The summed E-state index contributed by atoms with van der Waals surface area (Å²) in [6.45, 7) is 5.37. The molecule has 1 heterocycles. The van der Waals surface area contributed by atoms with Gasteiger partial charge in [-0.05, 0) is 36.1 Å². The van der Waals surface area contributed by atoms with Crippen molar-refractivity contribution in [2.75, 3.05) is 13.1 Å². The second-order valence-corrected chi connectivity index (χ2v) is 10.7. The van der Waals surface area contributed by atoms with Gasteiger partial charge in [-0.15, -0.1) is 0 Å². The summed E-state index contributed by atoms with van der Waals surface area (Å²) in [7, 11) is -4.17. The van der Waals surface area contributed by atoms with Gasteiger partial charge in [0, 0.05) is 18.1 Å². The number of fused-ring (bicyclic) bond motifs is 1. The highest BCUT2D eigenvalue weighted by Gasteiger charge is 2.43. The summed E-state index contributed by atoms with van der Waals surface area (Å²) in [4.78, 5) is 40.4. The van der Waals surface area contributed by atoms with Crippen LogP contribution >= 0.6 is 11.6 Å². The average molecular weight is 506 g/mol. The fourth-order valence-electron chi connectivity index (χ4n) is 3.75. The minimum atomic E-state index is -4.17. The van der Waals surface area contributed by atoms with E-state index in [9.17, 15) is 22.8 Å². The topological polar surface area (TPSA) is 104 Å². The molecule has 1 atom stereocenters. The van der Waals surface area contributed by atoms with Crippen molar-refractivity contribution in [1.82, 2.24) is 14.5 Å². The zero-order valence-corrected chi connectivity index (χ0v) is 20.9. The highest BCUT2D eigenvalue weighted by Crippen LogP contribution is 2.30. The third-order valence-electron chi connectivity index (χ3n) is 5.56. The fourth-order valence-corrected chi connectivity index (χ4v) is 5.47. The van der Waals surface area contributed by atoms with E-state index in [-0.39, 0.29) is 28.8 Å². The Hall–Kier alpha value is -2.91. The van der Waals surface area contributed by atoms with Gasteiger partial charge in [0.15, 0.2) is 0 Å². The van der Waals surface area contributed by atoms with Crippen molar-refractivity contribution < 1.29 is 22.8 Å². The standard InChI is InChI=1S/C24H28ClN3O5S/c1-4-20(23(30)26-13-16(2)3)27(14-17-9-5-7-11-19(17)25)22(29)15-28-24(31)18-10-6-8-12-21(18)34(28,32)33/h5-12,16,20H,4,13-15H2,1-3H3,(H,26,30). The van der Waals surface area contributed by atoms with E-state index in [1.165, 1.54) is 23.1 Å². The molecule has 0 aliphatic carbocycles. The van der Waals surface area contributed by atoms with Crippen molar-refractivity contribution in [1.29, 1.82) is 0 Å². The van der Waals surface area contributed by atoms with Crippen LogP contribution in [0.5, 0.6) is 0 Å². The zero-order chi connectivity index (χ0) is 25.0. The van der Waals surface area contributed by atoms with Crippen LogP contribution in [0.1, 0.15) is 43.1 Å². The van der Waals surface area contributed by atoms with Crippen LogP contribution in [-0.2, 0) is 26.2 Å². The first-order chi connectivity index (χ1) is 16.1. The molecule has 1 N–H and O–H groups in total. The van der Waals surface area contributed by atoms with Gasteiger partial charge >= 0.3 is 0 Å². The molecule has 0 fully saturated rings. The molecule has 1 unspecified atom stereocenters. The quantitative estimate of drug-likeness (QED) is 0.564. The zero-order valence-electron chi connectivity index (χ0n) is 19.3. The molecular formula is C24H28ClN3O5S. The summed E-state index contributed by atoms with van der Waals surface area (Å²) >= 11 is 6.30. The van der Waals surface area contributed by atoms with Gasteiger partial charge < -0.3 is 10.2 Å².